The summed E-state index contributed by atoms with van der Waals surface area (Å²) in [5.41, 5.74) is 0. The molecule has 0 aromatic carbocycles. The third-order valence-corrected chi connectivity index (χ3v) is 5.64. The molecular weight excluding hydrogens is 372 g/mol. The molecule has 0 spiro atoms. The lowest BCUT2D eigenvalue weighted by Crippen LogP contribution is -2.41. The Hall–Kier alpha value is -2.11. The lowest BCUT2D eigenvalue weighted by molar-refractivity contribution is -0.157. The van der Waals surface area contributed by atoms with Crippen molar-refractivity contribution in [2.75, 3.05) is 7.11 Å². The molecule has 0 aromatic heterocycles. The molecule has 2 unspecified atom stereocenters. The second kappa shape index (κ2) is 14.0. The minimum Gasteiger partial charge on any atom is -0.481 e. The van der Waals surface area contributed by atoms with Gasteiger partial charge in [-0.25, -0.2) is 0 Å². The van der Waals surface area contributed by atoms with Gasteiger partial charge in [-0.2, -0.15) is 0 Å². The first-order chi connectivity index (χ1) is 13.9. The zero-order chi connectivity index (χ0) is 21.6. The summed E-state index contributed by atoms with van der Waals surface area (Å²) in [5, 5.41) is 19.5. The number of allylic oxidation sites excluding steroid dienone is 4. The zero-order valence-electron chi connectivity index (χ0n) is 17.7. The van der Waals surface area contributed by atoms with Crippen LogP contribution in [0.4, 0.5) is 0 Å². The largest absolute Gasteiger partial charge is 0.481 e. The number of hydrogen-bond donors (Lipinski definition) is 2. The molecule has 2 N–H and O–H groups in total. The second-order valence-corrected chi connectivity index (χ2v) is 7.81. The van der Waals surface area contributed by atoms with Gasteiger partial charge in [0.15, 0.2) is 0 Å². The van der Waals surface area contributed by atoms with E-state index in [1.165, 1.54) is 7.11 Å². The number of esters is 1. The number of hydrogen-bond acceptors (Lipinski definition) is 4. The van der Waals surface area contributed by atoms with E-state index in [0.29, 0.717) is 12.8 Å². The summed E-state index contributed by atoms with van der Waals surface area (Å²) >= 11 is 0. The van der Waals surface area contributed by atoms with E-state index < -0.39 is 23.8 Å². The number of methoxy groups -OCH3 is 1. The number of carbonyl (C=O) groups excluding carboxylic acids is 1. The molecular formula is C23H36O6. The maximum Gasteiger partial charge on any atom is 0.308 e. The topological polar surface area (TPSA) is 101 Å². The second-order valence-electron chi connectivity index (χ2n) is 7.81. The molecule has 0 aliphatic heterocycles. The van der Waals surface area contributed by atoms with E-state index in [-0.39, 0.29) is 17.8 Å². The van der Waals surface area contributed by atoms with Crippen molar-refractivity contribution in [3.8, 4) is 0 Å². The monoisotopic (exact) mass is 408 g/mol. The standard InChI is InChI=1S/C23H36O6/c1-3-4-5-9-12-17-15-16-18(21(23(27)28)20(17)22(25)26)13-10-7-6-8-11-14-19(24)29-2/h9,12,15-18,20-21H,3-8,10-11,13-14H2,1-2H3,(H,25,26)(H,27,28)/b12-9+/t17?,18?,20-,21-/m1/s1. The number of carbonyl (C=O) groups is 3. The smallest absolute Gasteiger partial charge is 0.308 e. The summed E-state index contributed by atoms with van der Waals surface area (Å²) in [7, 11) is 1.38. The third-order valence-electron chi connectivity index (χ3n) is 5.64. The quantitative estimate of drug-likeness (QED) is 0.242. The van der Waals surface area contributed by atoms with Gasteiger partial charge in [0.05, 0.1) is 18.9 Å². The molecule has 6 heteroatoms. The van der Waals surface area contributed by atoms with Gasteiger partial charge in [-0.1, -0.05) is 69.8 Å². The highest BCUT2D eigenvalue weighted by atomic mass is 16.5. The molecule has 0 aromatic rings. The van der Waals surface area contributed by atoms with Gasteiger partial charge in [0.2, 0.25) is 0 Å². The Balaban J connectivity index is 2.60. The maximum absolute atomic E-state index is 11.9. The SMILES string of the molecule is CCCC/C=C/C1C=CC(CCCCCCCC(=O)OC)[C@@H](C(=O)O)[C@@H]1C(=O)O. The van der Waals surface area contributed by atoms with Gasteiger partial charge in [0.1, 0.15) is 0 Å². The summed E-state index contributed by atoms with van der Waals surface area (Å²) in [6.45, 7) is 2.10. The van der Waals surface area contributed by atoms with Crippen LogP contribution in [0.25, 0.3) is 0 Å². The fourth-order valence-electron chi connectivity index (χ4n) is 3.99. The van der Waals surface area contributed by atoms with Gasteiger partial charge in [-0.15, -0.1) is 0 Å². The van der Waals surface area contributed by atoms with Crippen molar-refractivity contribution in [3.05, 3.63) is 24.3 Å². The van der Waals surface area contributed by atoms with Crippen LogP contribution in [0.15, 0.2) is 24.3 Å². The van der Waals surface area contributed by atoms with E-state index in [2.05, 4.69) is 11.7 Å². The first-order valence-electron chi connectivity index (χ1n) is 10.8. The molecule has 0 saturated carbocycles. The molecule has 1 aliphatic carbocycles. The van der Waals surface area contributed by atoms with Crippen molar-refractivity contribution >= 4 is 17.9 Å². The van der Waals surface area contributed by atoms with Crippen LogP contribution < -0.4 is 0 Å². The van der Waals surface area contributed by atoms with E-state index in [4.69, 9.17) is 0 Å². The first kappa shape index (κ1) is 24.9. The molecule has 4 atom stereocenters. The normalized spacial score (nSPS) is 23.9. The number of carboxylic acids is 2. The van der Waals surface area contributed by atoms with Crippen LogP contribution in [-0.4, -0.2) is 35.2 Å². The Labute approximate surface area is 174 Å². The predicted molar refractivity (Wildman–Crippen MR) is 111 cm³/mol. The van der Waals surface area contributed by atoms with Crippen molar-refractivity contribution in [2.45, 2.75) is 71.1 Å². The van der Waals surface area contributed by atoms with Crippen molar-refractivity contribution in [3.63, 3.8) is 0 Å². The number of rotatable bonds is 14. The molecule has 0 fully saturated rings. The molecule has 0 radical (unpaired) electrons. The van der Waals surface area contributed by atoms with Crippen molar-refractivity contribution < 1.29 is 29.3 Å². The highest BCUT2D eigenvalue weighted by Crippen LogP contribution is 2.38. The van der Waals surface area contributed by atoms with Crippen molar-refractivity contribution in [2.24, 2.45) is 23.7 Å². The fraction of sp³-hybridized carbons (Fsp3) is 0.696. The van der Waals surface area contributed by atoms with Crippen LogP contribution in [0, 0.1) is 23.7 Å². The number of unbranched alkanes of at least 4 members (excludes halogenated alkanes) is 6. The molecule has 0 amide bonds. The highest BCUT2D eigenvalue weighted by molar-refractivity contribution is 5.81. The summed E-state index contributed by atoms with van der Waals surface area (Å²) in [6.07, 6.45) is 16.2. The molecule has 29 heavy (non-hydrogen) atoms. The van der Waals surface area contributed by atoms with Crippen LogP contribution in [0.3, 0.4) is 0 Å². The summed E-state index contributed by atoms with van der Waals surface area (Å²) in [4.78, 5) is 34.9. The van der Waals surface area contributed by atoms with Crippen LogP contribution >= 0.6 is 0 Å². The molecule has 6 nitrogen and oxygen atoms in total. The Bertz CT molecular complexity index is 580. The van der Waals surface area contributed by atoms with Gasteiger partial charge >= 0.3 is 17.9 Å². The predicted octanol–water partition coefficient (Wildman–Crippen LogP) is 4.84. The van der Waals surface area contributed by atoms with E-state index in [1.807, 2.05) is 24.3 Å². The minimum absolute atomic E-state index is 0.195. The highest BCUT2D eigenvalue weighted by Gasteiger charge is 2.44. The molecule has 164 valence electrons. The summed E-state index contributed by atoms with van der Waals surface area (Å²) in [6, 6.07) is 0. The lowest BCUT2D eigenvalue weighted by Gasteiger charge is -2.33. The van der Waals surface area contributed by atoms with E-state index in [1.54, 1.807) is 0 Å². The number of aliphatic carboxylic acids is 2. The third kappa shape index (κ3) is 8.84. The van der Waals surface area contributed by atoms with Crippen LogP contribution in [0.5, 0.6) is 0 Å². The van der Waals surface area contributed by atoms with Gasteiger partial charge in [-0.05, 0) is 25.2 Å². The summed E-state index contributed by atoms with van der Waals surface area (Å²) < 4.78 is 4.61. The maximum atomic E-state index is 11.9. The first-order valence-corrected chi connectivity index (χ1v) is 10.8. The van der Waals surface area contributed by atoms with E-state index in [9.17, 15) is 24.6 Å². The average Bonchev–Trinajstić information content (AvgIpc) is 2.69. The molecule has 1 rings (SSSR count). The van der Waals surface area contributed by atoms with Gasteiger partial charge in [-0.3, -0.25) is 14.4 Å². The van der Waals surface area contributed by atoms with Crippen molar-refractivity contribution in [1.29, 1.82) is 0 Å². The summed E-state index contributed by atoms with van der Waals surface area (Å²) in [5.74, 6) is -4.74. The van der Waals surface area contributed by atoms with E-state index >= 15 is 0 Å². The van der Waals surface area contributed by atoms with Gasteiger partial charge in [0, 0.05) is 12.3 Å². The number of ether oxygens (including phenoxy) is 1. The number of carboxylic acid groups (broad SMARTS) is 2. The lowest BCUT2D eigenvalue weighted by atomic mass is 9.69. The Morgan fingerprint density at radius 3 is 2.21 bits per heavy atom. The van der Waals surface area contributed by atoms with Crippen LogP contribution in [0.2, 0.25) is 0 Å². The van der Waals surface area contributed by atoms with Crippen LogP contribution in [-0.2, 0) is 19.1 Å². The molecule has 0 bridgehead atoms. The van der Waals surface area contributed by atoms with E-state index in [0.717, 1.165) is 51.4 Å². The zero-order valence-corrected chi connectivity index (χ0v) is 17.7. The molecule has 0 saturated heterocycles. The Morgan fingerprint density at radius 2 is 1.59 bits per heavy atom. The van der Waals surface area contributed by atoms with Crippen LogP contribution in [0.1, 0.15) is 71.1 Å². The van der Waals surface area contributed by atoms with Gasteiger partial charge in [0.25, 0.3) is 0 Å². The Morgan fingerprint density at radius 1 is 0.931 bits per heavy atom. The van der Waals surface area contributed by atoms with Gasteiger partial charge < -0.3 is 14.9 Å². The minimum atomic E-state index is -1.04. The van der Waals surface area contributed by atoms with Crippen molar-refractivity contribution in [1.82, 2.24) is 0 Å². The molecule has 0 heterocycles. The fourth-order valence-corrected chi connectivity index (χ4v) is 3.99. The molecule has 1 aliphatic rings. The Kier molecular flexibility index (Phi) is 12.0. The average molecular weight is 409 g/mol.